The summed E-state index contributed by atoms with van der Waals surface area (Å²) in [5.74, 6) is 0.00291. The SMILES string of the molecule is CCN(CCO)C(=O)CN1CC(=O)Oc2cc(C)ccc21. The lowest BCUT2D eigenvalue weighted by atomic mass is 10.1. The van der Waals surface area contributed by atoms with E-state index >= 15 is 0 Å². The second kappa shape index (κ2) is 6.58. The Morgan fingerprint density at radius 3 is 2.90 bits per heavy atom. The molecule has 1 aromatic rings. The molecule has 1 aliphatic rings. The van der Waals surface area contributed by atoms with Gasteiger partial charge in [-0.2, -0.15) is 0 Å². The minimum atomic E-state index is -0.369. The van der Waals surface area contributed by atoms with Gasteiger partial charge in [-0.15, -0.1) is 0 Å². The Kier molecular flexibility index (Phi) is 4.80. The third kappa shape index (κ3) is 3.52. The van der Waals surface area contributed by atoms with Crippen molar-refractivity contribution < 1.29 is 19.4 Å². The molecule has 2 rings (SSSR count). The zero-order chi connectivity index (χ0) is 15.4. The van der Waals surface area contributed by atoms with Crippen molar-refractivity contribution >= 4 is 17.6 Å². The molecule has 1 aliphatic heterocycles. The van der Waals surface area contributed by atoms with Gasteiger partial charge in [-0.25, -0.2) is 4.79 Å². The minimum Gasteiger partial charge on any atom is -0.423 e. The predicted molar refractivity (Wildman–Crippen MR) is 78.4 cm³/mol. The number of carbonyl (C=O) groups excluding carboxylic acids is 2. The molecule has 0 fully saturated rings. The van der Waals surface area contributed by atoms with Crippen LogP contribution in [0.15, 0.2) is 18.2 Å². The van der Waals surface area contributed by atoms with E-state index in [-0.39, 0.29) is 31.6 Å². The van der Waals surface area contributed by atoms with Gasteiger partial charge < -0.3 is 19.6 Å². The standard InChI is InChI=1S/C15H20N2O4/c1-3-16(6-7-18)14(19)9-17-10-15(20)21-13-8-11(2)4-5-12(13)17/h4-5,8,18H,3,6-7,9-10H2,1-2H3. The Hall–Kier alpha value is -2.08. The molecule has 0 aliphatic carbocycles. The Morgan fingerprint density at radius 2 is 2.24 bits per heavy atom. The van der Waals surface area contributed by atoms with Crippen molar-refractivity contribution in [1.82, 2.24) is 4.90 Å². The molecule has 114 valence electrons. The van der Waals surface area contributed by atoms with Crippen LogP contribution in [0, 0.1) is 6.92 Å². The molecule has 0 radical (unpaired) electrons. The summed E-state index contributed by atoms with van der Waals surface area (Å²) in [4.78, 5) is 27.2. The highest BCUT2D eigenvalue weighted by Gasteiger charge is 2.26. The molecule has 6 nitrogen and oxygen atoms in total. The van der Waals surface area contributed by atoms with Gasteiger partial charge in [0.25, 0.3) is 0 Å². The van der Waals surface area contributed by atoms with E-state index in [1.54, 1.807) is 15.9 Å². The van der Waals surface area contributed by atoms with Crippen LogP contribution in [0.1, 0.15) is 12.5 Å². The van der Waals surface area contributed by atoms with E-state index < -0.39 is 0 Å². The first kappa shape index (κ1) is 15.3. The molecule has 21 heavy (non-hydrogen) atoms. The van der Waals surface area contributed by atoms with Gasteiger partial charge in [0, 0.05) is 13.1 Å². The number of rotatable bonds is 5. The number of anilines is 1. The van der Waals surface area contributed by atoms with Crippen molar-refractivity contribution in [3.8, 4) is 5.75 Å². The lowest BCUT2D eigenvalue weighted by molar-refractivity contribution is -0.133. The van der Waals surface area contributed by atoms with Crippen molar-refractivity contribution in [2.24, 2.45) is 0 Å². The maximum atomic E-state index is 12.2. The maximum absolute atomic E-state index is 12.2. The molecule has 0 unspecified atom stereocenters. The third-order valence-corrected chi connectivity index (χ3v) is 3.43. The summed E-state index contributed by atoms with van der Waals surface area (Å²) >= 11 is 0. The van der Waals surface area contributed by atoms with Gasteiger partial charge in [-0.3, -0.25) is 4.79 Å². The molecule has 0 aromatic heterocycles. The van der Waals surface area contributed by atoms with Crippen molar-refractivity contribution in [1.29, 1.82) is 0 Å². The quantitative estimate of drug-likeness (QED) is 0.634. The number of fused-ring (bicyclic) bond motifs is 1. The largest absolute Gasteiger partial charge is 0.423 e. The molecule has 0 spiro atoms. The highest BCUT2D eigenvalue weighted by Crippen LogP contribution is 2.32. The molecular formula is C15H20N2O4. The summed E-state index contributed by atoms with van der Waals surface area (Å²) < 4.78 is 5.21. The van der Waals surface area contributed by atoms with Crippen molar-refractivity contribution in [2.75, 3.05) is 37.7 Å². The van der Waals surface area contributed by atoms with E-state index in [0.717, 1.165) is 11.3 Å². The zero-order valence-corrected chi connectivity index (χ0v) is 12.3. The van der Waals surface area contributed by atoms with Crippen LogP contribution in [0.3, 0.4) is 0 Å². The van der Waals surface area contributed by atoms with Crippen LogP contribution >= 0.6 is 0 Å². The van der Waals surface area contributed by atoms with Crippen molar-refractivity contribution in [3.63, 3.8) is 0 Å². The van der Waals surface area contributed by atoms with Gasteiger partial charge in [0.05, 0.1) is 18.8 Å². The van der Waals surface area contributed by atoms with E-state index in [0.29, 0.717) is 18.8 Å². The van der Waals surface area contributed by atoms with E-state index in [9.17, 15) is 9.59 Å². The number of esters is 1. The smallest absolute Gasteiger partial charge is 0.331 e. The Labute approximate surface area is 123 Å². The van der Waals surface area contributed by atoms with Gasteiger partial charge >= 0.3 is 5.97 Å². The Bertz CT molecular complexity index is 544. The minimum absolute atomic E-state index is 0.0540. The summed E-state index contributed by atoms with van der Waals surface area (Å²) in [5.41, 5.74) is 1.73. The summed E-state index contributed by atoms with van der Waals surface area (Å²) in [6.45, 7) is 4.68. The third-order valence-electron chi connectivity index (χ3n) is 3.43. The molecule has 1 heterocycles. The number of ether oxygens (including phenoxy) is 1. The predicted octanol–water partition coefficient (Wildman–Crippen LogP) is 0.561. The van der Waals surface area contributed by atoms with Crippen molar-refractivity contribution in [2.45, 2.75) is 13.8 Å². The number of aliphatic hydroxyl groups excluding tert-OH is 1. The number of nitrogens with zero attached hydrogens (tertiary/aromatic N) is 2. The Morgan fingerprint density at radius 1 is 1.48 bits per heavy atom. The molecule has 6 heteroatoms. The summed E-state index contributed by atoms with van der Waals surface area (Å²) in [7, 11) is 0. The maximum Gasteiger partial charge on any atom is 0.331 e. The first-order valence-corrected chi connectivity index (χ1v) is 7.00. The van der Waals surface area contributed by atoms with Crippen LogP contribution in [-0.2, 0) is 9.59 Å². The molecule has 0 saturated carbocycles. The van der Waals surface area contributed by atoms with E-state index in [4.69, 9.17) is 9.84 Å². The van der Waals surface area contributed by atoms with Crippen LogP contribution in [0.4, 0.5) is 5.69 Å². The topological polar surface area (TPSA) is 70.1 Å². The molecular weight excluding hydrogens is 272 g/mol. The van der Waals surface area contributed by atoms with Crippen molar-refractivity contribution in [3.05, 3.63) is 23.8 Å². The fourth-order valence-corrected chi connectivity index (χ4v) is 2.34. The number of hydrogen-bond donors (Lipinski definition) is 1. The van der Waals surface area contributed by atoms with Gasteiger partial charge in [0.2, 0.25) is 5.91 Å². The van der Waals surface area contributed by atoms with Crippen LogP contribution < -0.4 is 9.64 Å². The van der Waals surface area contributed by atoms with Crippen LogP contribution in [0.5, 0.6) is 5.75 Å². The van der Waals surface area contributed by atoms with E-state index in [1.165, 1.54) is 0 Å². The lowest BCUT2D eigenvalue weighted by Gasteiger charge is -2.31. The average molecular weight is 292 g/mol. The van der Waals surface area contributed by atoms with Gasteiger partial charge in [-0.1, -0.05) is 6.07 Å². The summed E-state index contributed by atoms with van der Waals surface area (Å²) in [6, 6.07) is 5.56. The number of amides is 1. The molecule has 0 atom stereocenters. The highest BCUT2D eigenvalue weighted by atomic mass is 16.5. The fraction of sp³-hybridized carbons (Fsp3) is 0.467. The number of likely N-dealkylation sites (N-methyl/N-ethyl adjacent to an activating group) is 1. The number of aryl methyl sites for hydroxylation is 1. The number of carbonyl (C=O) groups is 2. The zero-order valence-electron chi connectivity index (χ0n) is 12.3. The van der Waals surface area contributed by atoms with Gasteiger partial charge in [0.15, 0.2) is 5.75 Å². The van der Waals surface area contributed by atoms with Crippen LogP contribution in [0.25, 0.3) is 0 Å². The highest BCUT2D eigenvalue weighted by molar-refractivity contribution is 5.89. The lowest BCUT2D eigenvalue weighted by Crippen LogP contribution is -2.45. The van der Waals surface area contributed by atoms with E-state index in [1.807, 2.05) is 26.0 Å². The normalized spacial score (nSPS) is 13.7. The molecule has 1 amide bonds. The fourth-order valence-electron chi connectivity index (χ4n) is 2.34. The molecule has 0 bridgehead atoms. The van der Waals surface area contributed by atoms with Gasteiger partial charge in [0.1, 0.15) is 6.54 Å². The molecule has 1 N–H and O–H groups in total. The van der Waals surface area contributed by atoms with Gasteiger partial charge in [-0.05, 0) is 31.5 Å². The summed E-state index contributed by atoms with van der Waals surface area (Å²) in [6.07, 6.45) is 0. The first-order valence-electron chi connectivity index (χ1n) is 7.00. The Balaban J connectivity index is 2.17. The molecule has 0 saturated heterocycles. The number of benzene rings is 1. The second-order valence-corrected chi connectivity index (χ2v) is 5.00. The number of aliphatic hydroxyl groups is 1. The average Bonchev–Trinajstić information content (AvgIpc) is 2.43. The van der Waals surface area contributed by atoms with E-state index in [2.05, 4.69) is 0 Å². The monoisotopic (exact) mass is 292 g/mol. The number of hydrogen-bond acceptors (Lipinski definition) is 5. The van der Waals surface area contributed by atoms with Crippen LogP contribution in [-0.4, -0.2) is 54.7 Å². The second-order valence-electron chi connectivity index (χ2n) is 5.00. The first-order chi connectivity index (χ1) is 10.0. The molecule has 1 aromatic carbocycles. The van der Waals surface area contributed by atoms with Crippen LogP contribution in [0.2, 0.25) is 0 Å². The summed E-state index contributed by atoms with van der Waals surface area (Å²) in [5, 5.41) is 8.97.